The van der Waals surface area contributed by atoms with Gasteiger partial charge in [-0.25, -0.2) is 4.89 Å². The van der Waals surface area contributed by atoms with Gasteiger partial charge in [0.2, 0.25) is 102 Å². The maximum atomic E-state index is 12.7. The highest BCUT2D eigenvalue weighted by Gasteiger charge is 2.99. The average Bonchev–Trinajstić information content (AvgIpc) is 3.35. The minimum Gasteiger partial charge on any atom is -0.439 e. The Morgan fingerprint density at radius 2 is 0.700 bits per heavy atom. The van der Waals surface area contributed by atoms with E-state index in [2.05, 4.69) is 9.76 Å². The van der Waals surface area contributed by atoms with Gasteiger partial charge in [0.15, 0.2) is 8.32 Å². The van der Waals surface area contributed by atoms with Crippen molar-refractivity contribution in [3.8, 4) is 0 Å². The predicted octanol–water partition coefficient (Wildman–Crippen LogP) is -21.1. The Morgan fingerprint density at radius 3 is 0.929 bits per heavy atom. The molecule has 39 radical (unpaired) electrons. The second-order valence-electron chi connectivity index (χ2n) is 12.8. The summed E-state index contributed by atoms with van der Waals surface area (Å²) >= 11 is 0. The Bertz CT molecular complexity index is 1390. The van der Waals surface area contributed by atoms with Crippen LogP contribution in [0.25, 0.3) is 0 Å². The van der Waals surface area contributed by atoms with Gasteiger partial charge in [-0.2, -0.15) is 0 Å². The van der Waals surface area contributed by atoms with Crippen LogP contribution in [-0.4, -0.2) is 382 Å². The van der Waals surface area contributed by atoms with Crippen molar-refractivity contribution < 1.29 is 151 Å². The molecule has 33 nitrogen and oxygen atoms in total. The summed E-state index contributed by atoms with van der Waals surface area (Å²) in [4.78, 5) is 227. The predicted molar refractivity (Wildman–Crippen MR) is 271 cm³/mol. The first kappa shape index (κ1) is 75.4. The summed E-state index contributed by atoms with van der Waals surface area (Å²) in [6.45, 7) is -33.5. The van der Waals surface area contributed by atoms with E-state index in [4.69, 9.17) is 59.5 Å². The molecule has 0 aromatic rings. The molecule has 0 aliphatic carbocycles. The zero-order chi connectivity index (χ0) is 54.6. The second-order valence-corrected chi connectivity index (χ2v) is 141. The molecule has 3 atom stereocenters. The van der Waals surface area contributed by atoms with Crippen molar-refractivity contribution in [2.75, 3.05) is 21.3 Å². The fourth-order valence-corrected chi connectivity index (χ4v) is 412. The molecule has 19 N–H and O–H groups in total. The van der Waals surface area contributed by atoms with Gasteiger partial charge in [0, 0.05) is 14.2 Å². The molecule has 0 fully saturated rings. The molecule has 0 aliphatic heterocycles. The molecule has 3 unspecified atom stereocenters. The molecule has 0 bridgehead atoms. The molecule has 0 saturated heterocycles. The first-order valence-electron chi connectivity index (χ1n) is 16.8. The lowest BCUT2D eigenvalue weighted by molar-refractivity contribution is -0.193. The molecule has 0 aliphatic rings. The molecule has 0 amide bonds. The fraction of sp³-hybridized carbons (Fsp3) is 1.00. The van der Waals surface area contributed by atoms with Crippen LogP contribution >= 0.6 is 0 Å². The van der Waals surface area contributed by atoms with Crippen molar-refractivity contribution in [2.45, 2.75) is 19.6 Å². The Labute approximate surface area is 456 Å². The topological polar surface area (TPSA) is 514 Å². The van der Waals surface area contributed by atoms with Crippen LogP contribution in [0, 0.1) is 0 Å². The van der Waals surface area contributed by atoms with Gasteiger partial charge in [-0.15, -0.1) is 0 Å². The van der Waals surface area contributed by atoms with Gasteiger partial charge in [0.25, 0.3) is 50.9 Å². The fourth-order valence-electron chi connectivity index (χ4n) is 6.00. The summed E-state index contributed by atoms with van der Waals surface area (Å²) in [7, 11) is -64.1. The van der Waals surface area contributed by atoms with E-state index in [1.54, 1.807) is 0 Å². The molecular formula is C6H37O33Si31. The van der Waals surface area contributed by atoms with Crippen LogP contribution in [-0.2, 0) is 59.5 Å². The van der Waals surface area contributed by atoms with Crippen molar-refractivity contribution in [3.05, 3.63) is 0 Å². The molecule has 70 heavy (non-hydrogen) atoms. The van der Waals surface area contributed by atoms with Crippen LogP contribution < -0.4 is 0 Å². The van der Waals surface area contributed by atoms with E-state index in [9.17, 15) is 91.1 Å². The van der Waals surface area contributed by atoms with Gasteiger partial charge >= 0.3 is 98.7 Å². The van der Waals surface area contributed by atoms with Crippen LogP contribution in [0.5, 0.6) is 0 Å². The third-order valence-electron chi connectivity index (χ3n) is 8.43. The molecule has 383 valence electrons. The lowest BCUT2D eigenvalue weighted by atomic mass is 11.8. The number of rotatable bonds is 43. The van der Waals surface area contributed by atoms with Crippen molar-refractivity contribution >= 4 is 269 Å². The van der Waals surface area contributed by atoms with Gasteiger partial charge in [-0.05, 0) is 19.6 Å². The second kappa shape index (κ2) is 33.5. The lowest BCUT2D eigenvalue weighted by Gasteiger charge is -2.69. The van der Waals surface area contributed by atoms with Crippen LogP contribution in [0.15, 0.2) is 0 Å². The highest BCUT2D eigenvalue weighted by atomic mass is 30.5. The van der Waals surface area contributed by atoms with E-state index < -0.39 is 260 Å². The number of hydrogen-bond acceptors (Lipinski definition) is 33. The van der Waals surface area contributed by atoms with E-state index in [1.165, 1.54) is 19.6 Å². The standard InChI is InChI=1S/C6H37O33Si31/c1-26-29-61(40,47-13)37-69(65(51-17,52-18)32-43-9,66(53-19,54-20)33-44-10)64(36-59(4,5)6,39-63(50-16,31-42-8)60(25,27-2)28-3)70(67(55-21,56-22)34-45-11,68(57-23,58-24)35-46-12)38-62(48-14,49-15)30-41-7/h7-25H,1-6H3. The van der Waals surface area contributed by atoms with Gasteiger partial charge in [-0.1, -0.05) is 0 Å². The summed E-state index contributed by atoms with van der Waals surface area (Å²) in [5.41, 5.74) is 0. The Hall–Kier alpha value is 5.40. The molecule has 0 aromatic carbocycles. The van der Waals surface area contributed by atoms with E-state index in [-0.39, 0.29) is 0 Å². The van der Waals surface area contributed by atoms with Crippen molar-refractivity contribution in [3.63, 3.8) is 0 Å². The maximum Gasteiger partial charge on any atom is 0.532 e. The first-order valence-corrected chi connectivity index (χ1v) is 77.7. The van der Waals surface area contributed by atoms with Crippen LogP contribution in [0.3, 0.4) is 0 Å². The third kappa shape index (κ3) is 14.6. The molecule has 0 saturated carbocycles. The molecule has 0 heterocycles. The minimum absolute atomic E-state index is 0.788. The summed E-state index contributed by atoms with van der Waals surface area (Å²) in [5.74, 6) is 0. The molecule has 0 spiro atoms. The summed E-state index contributed by atoms with van der Waals surface area (Å²) in [6, 6.07) is 0. The van der Waals surface area contributed by atoms with E-state index in [1.807, 2.05) is 0 Å². The van der Waals surface area contributed by atoms with E-state index in [0.29, 0.717) is 0 Å². The van der Waals surface area contributed by atoms with Crippen molar-refractivity contribution in [1.82, 2.24) is 0 Å². The zero-order valence-corrected chi connectivity index (χ0v) is 66.7. The molecule has 0 aromatic heterocycles. The highest BCUT2D eigenvalue weighted by Crippen LogP contribution is 2.52. The molecule has 0 rings (SSSR count). The van der Waals surface area contributed by atoms with Crippen LogP contribution in [0.2, 0.25) is 19.6 Å². The monoisotopic (exact) mass is 1500 g/mol. The van der Waals surface area contributed by atoms with Gasteiger partial charge < -0.3 is 141 Å². The largest absolute Gasteiger partial charge is 0.532 e. The van der Waals surface area contributed by atoms with E-state index >= 15 is 0 Å². The normalized spacial score (nSPS) is 16.9. The van der Waals surface area contributed by atoms with Crippen molar-refractivity contribution in [2.24, 2.45) is 0 Å². The highest BCUT2D eigenvalue weighted by molar-refractivity contribution is 8.23. The maximum absolute atomic E-state index is 12.7. The van der Waals surface area contributed by atoms with Gasteiger partial charge in [0.05, 0.1) is 16.9 Å². The molecule has 64 heteroatoms. The van der Waals surface area contributed by atoms with E-state index in [0.717, 1.165) is 21.3 Å². The Balaban J connectivity index is 12.6. The average molecular weight is 1510 g/mol. The SMILES string of the molecule is COO[Si]([Si])(O[Si]([Si](O[Si]O)([Si]O)[Si]O)([Si](O[Si]O)([Si]O)[Si]O)[Si](O[Si](C)(C)C)(O[Si](O[Si]O)([Si]O)[Si](O)(OC)OC)[Si](O[Si](O[Si]O)([Si]O)[Si]O)([Si](O[Si]O)([Si]O)[Si]O)[Si](O[Si]O)([Si]O)[Si]O)[Si]O. The quantitative estimate of drug-likeness (QED) is 0.0153. The lowest BCUT2D eigenvalue weighted by Crippen LogP contribution is -3.13. The first-order chi connectivity index (χ1) is 32.9. The summed E-state index contributed by atoms with van der Waals surface area (Å²) in [5, 5.41) is 0. The molecular weight excluding hydrogens is 1470 g/mol. The Morgan fingerprint density at radius 1 is 0.371 bits per heavy atom. The van der Waals surface area contributed by atoms with Crippen molar-refractivity contribution in [1.29, 1.82) is 0 Å². The zero-order valence-electron chi connectivity index (χ0n) is 35.7. The van der Waals surface area contributed by atoms with Crippen LogP contribution in [0.4, 0.5) is 0 Å². The van der Waals surface area contributed by atoms with Crippen LogP contribution in [0.1, 0.15) is 0 Å². The van der Waals surface area contributed by atoms with Gasteiger partial charge in [0.1, 0.15) is 0 Å². The minimum atomic E-state index is -7.20. The smallest absolute Gasteiger partial charge is 0.439 e. The summed E-state index contributed by atoms with van der Waals surface area (Å²) < 4.78 is 81.9. The van der Waals surface area contributed by atoms with Gasteiger partial charge in [-0.3, -0.25) is 4.58 Å². The Kier molecular flexibility index (Phi) is 36.1. The summed E-state index contributed by atoms with van der Waals surface area (Å²) in [6.07, 6.45) is 0. The third-order valence-corrected chi connectivity index (χ3v) is 239. The number of hydrogen-bond donors (Lipinski definition) is 19.